The first-order valence-electron chi connectivity index (χ1n) is 10.5. The third-order valence-electron chi connectivity index (χ3n) is 5.27. The van der Waals surface area contributed by atoms with Gasteiger partial charge in [0.15, 0.2) is 10.9 Å². The largest absolute Gasteiger partial charge is 0.451 e. The molecule has 2 aromatic heterocycles. The second-order valence-electron chi connectivity index (χ2n) is 7.71. The number of benzene rings is 3. The molecule has 0 aliphatic carbocycles. The summed E-state index contributed by atoms with van der Waals surface area (Å²) in [5.74, 6) is 0.0950. The van der Waals surface area contributed by atoms with E-state index < -0.39 is 5.91 Å². The SMILES string of the molecule is Cc1cc(-c2nc3ccccc3s2)ccc1NC(=S)NC(=O)c1ccc(-c2ccc(Cl)cc2Cl)o1. The van der Waals surface area contributed by atoms with Gasteiger partial charge < -0.3 is 9.73 Å². The van der Waals surface area contributed by atoms with Crippen molar-refractivity contribution in [1.82, 2.24) is 10.3 Å². The van der Waals surface area contributed by atoms with Crippen LogP contribution in [-0.2, 0) is 0 Å². The zero-order valence-corrected chi connectivity index (χ0v) is 21.4. The quantitative estimate of drug-likeness (QED) is 0.227. The number of halogens is 2. The van der Waals surface area contributed by atoms with Crippen molar-refractivity contribution in [3.63, 3.8) is 0 Å². The van der Waals surface area contributed by atoms with Gasteiger partial charge in [-0.2, -0.15) is 0 Å². The number of nitrogens with one attached hydrogen (secondary N) is 2. The van der Waals surface area contributed by atoms with Crippen molar-refractivity contribution in [1.29, 1.82) is 0 Å². The molecular weight excluding hydrogens is 521 g/mol. The van der Waals surface area contributed by atoms with Crippen molar-refractivity contribution < 1.29 is 9.21 Å². The summed E-state index contributed by atoms with van der Waals surface area (Å²) in [6.07, 6.45) is 0. The van der Waals surface area contributed by atoms with Gasteiger partial charge in [0, 0.05) is 21.8 Å². The van der Waals surface area contributed by atoms with Crippen LogP contribution in [0, 0.1) is 6.92 Å². The predicted molar refractivity (Wildman–Crippen MR) is 148 cm³/mol. The molecule has 5 nitrogen and oxygen atoms in total. The van der Waals surface area contributed by atoms with E-state index in [-0.39, 0.29) is 10.9 Å². The maximum absolute atomic E-state index is 12.6. The van der Waals surface area contributed by atoms with Gasteiger partial charge in [-0.3, -0.25) is 10.1 Å². The molecule has 1 amide bonds. The molecule has 2 heterocycles. The van der Waals surface area contributed by atoms with E-state index in [0.717, 1.165) is 32.0 Å². The fourth-order valence-electron chi connectivity index (χ4n) is 3.54. The van der Waals surface area contributed by atoms with E-state index in [4.69, 9.17) is 44.8 Å². The number of carbonyl (C=O) groups is 1. The number of fused-ring (bicyclic) bond motifs is 1. The number of nitrogens with zero attached hydrogens (tertiary/aromatic N) is 1. The molecule has 35 heavy (non-hydrogen) atoms. The lowest BCUT2D eigenvalue weighted by Gasteiger charge is -2.12. The Morgan fingerprint density at radius 3 is 2.63 bits per heavy atom. The standard InChI is InChI=1S/C26H17Cl2N3O2S2/c1-14-12-15(25-29-20-4-2-3-5-23(20)35-25)6-9-19(14)30-26(34)31-24(32)22-11-10-21(33-22)17-8-7-16(27)13-18(17)28/h2-13H,1H3,(H2,30,31,32,34). The molecule has 3 aromatic carbocycles. The Labute approximate surface area is 220 Å². The Balaban J connectivity index is 1.26. The number of aryl methyl sites for hydroxylation is 1. The van der Waals surface area contributed by atoms with Crippen LogP contribution in [0.3, 0.4) is 0 Å². The Kier molecular flexibility index (Phi) is 6.58. The maximum atomic E-state index is 12.6. The Morgan fingerprint density at radius 2 is 1.86 bits per heavy atom. The Hall–Kier alpha value is -3.23. The molecule has 0 atom stereocenters. The van der Waals surface area contributed by atoms with E-state index in [1.165, 1.54) is 0 Å². The van der Waals surface area contributed by atoms with Gasteiger partial charge in [0.05, 0.1) is 15.2 Å². The first-order chi connectivity index (χ1) is 16.9. The molecule has 9 heteroatoms. The second kappa shape index (κ2) is 9.79. The van der Waals surface area contributed by atoms with E-state index in [1.54, 1.807) is 41.7 Å². The summed E-state index contributed by atoms with van der Waals surface area (Å²) < 4.78 is 6.83. The number of furan rings is 1. The smallest absolute Gasteiger partial charge is 0.293 e. The number of amides is 1. The molecule has 2 N–H and O–H groups in total. The lowest BCUT2D eigenvalue weighted by atomic mass is 10.1. The zero-order valence-electron chi connectivity index (χ0n) is 18.3. The molecule has 0 fully saturated rings. The van der Waals surface area contributed by atoms with Crippen LogP contribution in [0.25, 0.3) is 32.1 Å². The first-order valence-corrected chi connectivity index (χ1v) is 12.5. The van der Waals surface area contributed by atoms with Crippen LogP contribution in [0.15, 0.2) is 77.2 Å². The minimum atomic E-state index is -0.470. The van der Waals surface area contributed by atoms with Gasteiger partial charge in [-0.15, -0.1) is 11.3 Å². The number of hydrogen-bond acceptors (Lipinski definition) is 5. The fraction of sp³-hybridized carbons (Fsp3) is 0.0385. The Bertz CT molecular complexity index is 1560. The van der Waals surface area contributed by atoms with Crippen molar-refractivity contribution in [3.8, 4) is 21.9 Å². The summed E-state index contributed by atoms with van der Waals surface area (Å²) in [5, 5.41) is 7.78. The van der Waals surface area contributed by atoms with Crippen LogP contribution in [0.5, 0.6) is 0 Å². The number of thiazole rings is 1. The van der Waals surface area contributed by atoms with Crippen molar-refractivity contribution in [2.75, 3.05) is 5.32 Å². The molecule has 0 radical (unpaired) electrons. The molecular formula is C26H17Cl2N3O2S2. The van der Waals surface area contributed by atoms with Crippen LogP contribution in [0.2, 0.25) is 10.0 Å². The number of thiocarbonyl (C=S) groups is 1. The lowest BCUT2D eigenvalue weighted by molar-refractivity contribution is 0.0951. The summed E-state index contributed by atoms with van der Waals surface area (Å²) in [5.41, 5.74) is 4.40. The van der Waals surface area contributed by atoms with Crippen LogP contribution >= 0.6 is 46.8 Å². The second-order valence-corrected chi connectivity index (χ2v) is 10.00. The highest BCUT2D eigenvalue weighted by atomic mass is 35.5. The molecule has 5 aromatic rings. The lowest BCUT2D eigenvalue weighted by Crippen LogP contribution is -2.34. The number of aromatic nitrogens is 1. The van der Waals surface area contributed by atoms with Crippen LogP contribution < -0.4 is 10.6 Å². The molecule has 0 unspecified atom stereocenters. The highest BCUT2D eigenvalue weighted by Gasteiger charge is 2.16. The number of rotatable bonds is 4. The first kappa shape index (κ1) is 23.5. The predicted octanol–water partition coefficient (Wildman–Crippen LogP) is 7.97. The average molecular weight is 538 g/mol. The highest BCUT2D eigenvalue weighted by Crippen LogP contribution is 2.33. The van der Waals surface area contributed by atoms with Crippen molar-refractivity contribution in [3.05, 3.63) is 94.2 Å². The molecule has 5 rings (SSSR count). The van der Waals surface area contributed by atoms with Crippen molar-refractivity contribution in [2.45, 2.75) is 6.92 Å². The fourth-order valence-corrected chi connectivity index (χ4v) is 5.21. The van der Waals surface area contributed by atoms with E-state index in [0.29, 0.717) is 21.4 Å². The molecule has 174 valence electrons. The zero-order chi connectivity index (χ0) is 24.5. The monoisotopic (exact) mass is 537 g/mol. The average Bonchev–Trinajstić information content (AvgIpc) is 3.48. The number of carbonyl (C=O) groups excluding carboxylic acids is 1. The summed E-state index contributed by atoms with van der Waals surface area (Å²) >= 11 is 19.2. The van der Waals surface area contributed by atoms with Crippen molar-refractivity contribution in [2.24, 2.45) is 0 Å². The molecule has 0 saturated heterocycles. The number of anilines is 1. The maximum Gasteiger partial charge on any atom is 0.293 e. The topological polar surface area (TPSA) is 67.2 Å². The van der Waals surface area contributed by atoms with Crippen LogP contribution in [0.4, 0.5) is 5.69 Å². The molecule has 0 aliphatic heterocycles. The van der Waals surface area contributed by atoms with Gasteiger partial charge in [-0.1, -0.05) is 35.3 Å². The third-order valence-corrected chi connectivity index (χ3v) is 7.11. The summed E-state index contributed by atoms with van der Waals surface area (Å²) in [4.78, 5) is 17.4. The summed E-state index contributed by atoms with van der Waals surface area (Å²) in [6.45, 7) is 1.97. The molecule has 0 spiro atoms. The van der Waals surface area contributed by atoms with Gasteiger partial charge >= 0.3 is 0 Å². The van der Waals surface area contributed by atoms with Crippen LogP contribution in [0.1, 0.15) is 16.1 Å². The van der Waals surface area contributed by atoms with Gasteiger partial charge in [0.25, 0.3) is 5.91 Å². The molecule has 0 saturated carbocycles. The van der Waals surface area contributed by atoms with Gasteiger partial charge in [-0.25, -0.2) is 4.98 Å². The van der Waals surface area contributed by atoms with E-state index in [2.05, 4.69) is 16.7 Å². The van der Waals surface area contributed by atoms with Gasteiger partial charge in [-0.05, 0) is 85.4 Å². The minimum absolute atomic E-state index is 0.109. The summed E-state index contributed by atoms with van der Waals surface area (Å²) in [7, 11) is 0. The normalized spacial score (nSPS) is 10.9. The third kappa shape index (κ3) is 5.09. The highest BCUT2D eigenvalue weighted by molar-refractivity contribution is 7.80. The number of hydrogen-bond donors (Lipinski definition) is 2. The molecule has 0 aliphatic rings. The number of para-hydroxylation sites is 1. The van der Waals surface area contributed by atoms with Gasteiger partial charge in [0.1, 0.15) is 10.8 Å². The minimum Gasteiger partial charge on any atom is -0.451 e. The van der Waals surface area contributed by atoms with Crippen molar-refractivity contribution >= 4 is 73.7 Å². The van der Waals surface area contributed by atoms with E-state index >= 15 is 0 Å². The molecule has 0 bridgehead atoms. The Morgan fingerprint density at radius 1 is 1.03 bits per heavy atom. The van der Waals surface area contributed by atoms with E-state index in [1.807, 2.05) is 43.3 Å². The van der Waals surface area contributed by atoms with Gasteiger partial charge in [0.2, 0.25) is 0 Å². The van der Waals surface area contributed by atoms with E-state index in [9.17, 15) is 4.79 Å². The summed E-state index contributed by atoms with van der Waals surface area (Å²) in [6, 6.07) is 22.3. The van der Waals surface area contributed by atoms with Crippen LogP contribution in [-0.4, -0.2) is 16.0 Å².